The number of carbonyl (C=O) groups is 2. The number of anilines is 1. The lowest BCUT2D eigenvalue weighted by atomic mass is 9.88. The molecule has 5 rings (SSSR count). The van der Waals surface area contributed by atoms with E-state index in [0.29, 0.717) is 43.6 Å². The Balaban J connectivity index is 1.06. The van der Waals surface area contributed by atoms with Crippen molar-refractivity contribution in [2.75, 3.05) is 50.7 Å². The van der Waals surface area contributed by atoms with Crippen LogP contribution in [0.2, 0.25) is 0 Å². The molecule has 39 heavy (non-hydrogen) atoms. The quantitative estimate of drug-likeness (QED) is 0.475. The van der Waals surface area contributed by atoms with Crippen LogP contribution in [0.3, 0.4) is 0 Å². The zero-order chi connectivity index (χ0) is 27.4. The van der Waals surface area contributed by atoms with Gasteiger partial charge in [0.2, 0.25) is 0 Å². The number of ether oxygens (including phenoxy) is 1. The number of Topliss-reactive ketones (excluding diaryl/α,β-unsaturated/α-hetero) is 1. The van der Waals surface area contributed by atoms with Crippen LogP contribution in [-0.4, -0.2) is 85.2 Å². The third-order valence-electron chi connectivity index (χ3n) is 7.66. The van der Waals surface area contributed by atoms with E-state index in [0.717, 1.165) is 44.2 Å². The number of benzene rings is 2. The third-order valence-corrected chi connectivity index (χ3v) is 7.66. The molecule has 3 heterocycles. The molecule has 8 nitrogen and oxygen atoms in total. The number of hydrogen-bond acceptors (Lipinski definition) is 7. The van der Waals surface area contributed by atoms with Crippen molar-refractivity contribution in [2.45, 2.75) is 45.3 Å². The summed E-state index contributed by atoms with van der Waals surface area (Å²) in [5, 5.41) is 4.14. The number of amides is 1. The highest BCUT2D eigenvalue weighted by atomic mass is 19.1. The lowest BCUT2D eigenvalue weighted by Crippen LogP contribution is -2.49. The standard InChI is InChI=1S/C30H37FN4O4/c1-21(2)38-28-6-4-3-5-27(28)34-17-15-33(16-18-34)20-25-19-26(32-39-25)30(37)35-13-11-23(12-14-35)29(36)22-7-9-24(31)10-8-22/h3-10,21,23,25H,11-20H2,1-2H3/t25-/m0/s1. The van der Waals surface area contributed by atoms with Crippen molar-refractivity contribution in [3.05, 3.63) is 59.9 Å². The SMILES string of the molecule is CC(C)Oc1ccccc1N1CCN(C[C@@H]2CC(C(=O)N3CCC(C(=O)c4ccc(F)cc4)CC3)=NO2)CC1. The fourth-order valence-corrected chi connectivity index (χ4v) is 5.56. The first-order valence-corrected chi connectivity index (χ1v) is 13.9. The number of ketones is 1. The molecule has 1 atom stereocenters. The molecule has 2 fully saturated rings. The van der Waals surface area contributed by atoms with E-state index in [1.807, 2.05) is 32.0 Å². The summed E-state index contributed by atoms with van der Waals surface area (Å²) in [6, 6.07) is 13.9. The molecule has 9 heteroatoms. The first-order valence-electron chi connectivity index (χ1n) is 13.9. The largest absolute Gasteiger partial charge is 0.489 e. The molecule has 0 N–H and O–H groups in total. The molecule has 1 amide bonds. The van der Waals surface area contributed by atoms with E-state index in [1.54, 1.807) is 4.90 Å². The molecule has 2 aromatic rings. The summed E-state index contributed by atoms with van der Waals surface area (Å²) in [5.41, 5.74) is 2.11. The van der Waals surface area contributed by atoms with Gasteiger partial charge in [-0.2, -0.15) is 0 Å². The number of rotatable bonds is 8. The zero-order valence-corrected chi connectivity index (χ0v) is 22.7. The second kappa shape index (κ2) is 12.2. The predicted octanol–water partition coefficient (Wildman–Crippen LogP) is 4.00. The highest BCUT2D eigenvalue weighted by Crippen LogP contribution is 2.30. The van der Waals surface area contributed by atoms with Gasteiger partial charge >= 0.3 is 0 Å². The zero-order valence-electron chi connectivity index (χ0n) is 22.7. The third kappa shape index (κ3) is 6.58. The molecule has 0 unspecified atom stereocenters. The van der Waals surface area contributed by atoms with Gasteiger partial charge in [0.25, 0.3) is 5.91 Å². The average molecular weight is 537 g/mol. The molecule has 0 aromatic heterocycles. The van der Waals surface area contributed by atoms with Crippen molar-refractivity contribution < 1.29 is 23.6 Å². The number of para-hydroxylation sites is 2. The summed E-state index contributed by atoms with van der Waals surface area (Å²) >= 11 is 0. The maximum absolute atomic E-state index is 13.2. The van der Waals surface area contributed by atoms with E-state index in [4.69, 9.17) is 9.57 Å². The summed E-state index contributed by atoms with van der Waals surface area (Å²) in [5.74, 6) is 0.318. The summed E-state index contributed by atoms with van der Waals surface area (Å²) in [6.07, 6.45) is 1.67. The van der Waals surface area contributed by atoms with E-state index in [1.165, 1.54) is 24.3 Å². The fraction of sp³-hybridized carbons (Fsp3) is 0.500. The Hall–Kier alpha value is -3.46. The van der Waals surface area contributed by atoms with Crippen LogP contribution >= 0.6 is 0 Å². The van der Waals surface area contributed by atoms with E-state index in [9.17, 15) is 14.0 Å². The van der Waals surface area contributed by atoms with Gasteiger partial charge in [-0.3, -0.25) is 14.5 Å². The van der Waals surface area contributed by atoms with Gasteiger partial charge in [-0.25, -0.2) is 4.39 Å². The van der Waals surface area contributed by atoms with Gasteiger partial charge in [0.1, 0.15) is 23.4 Å². The van der Waals surface area contributed by atoms with Crippen molar-refractivity contribution >= 4 is 23.1 Å². The van der Waals surface area contributed by atoms with Gasteiger partial charge in [0, 0.05) is 63.7 Å². The van der Waals surface area contributed by atoms with E-state index >= 15 is 0 Å². The first kappa shape index (κ1) is 27.1. The van der Waals surface area contributed by atoms with Gasteiger partial charge < -0.3 is 19.4 Å². The number of hydrogen-bond donors (Lipinski definition) is 0. The average Bonchev–Trinajstić information content (AvgIpc) is 3.42. The van der Waals surface area contributed by atoms with Crippen molar-refractivity contribution in [2.24, 2.45) is 11.1 Å². The summed E-state index contributed by atoms with van der Waals surface area (Å²) in [4.78, 5) is 38.0. The van der Waals surface area contributed by atoms with Crippen LogP contribution in [0.25, 0.3) is 0 Å². The molecule has 0 radical (unpaired) electrons. The molecule has 0 saturated carbocycles. The van der Waals surface area contributed by atoms with Crippen molar-refractivity contribution in [1.82, 2.24) is 9.80 Å². The highest BCUT2D eigenvalue weighted by Gasteiger charge is 2.34. The van der Waals surface area contributed by atoms with Gasteiger partial charge in [0.15, 0.2) is 5.78 Å². The second-order valence-corrected chi connectivity index (χ2v) is 10.8. The van der Waals surface area contributed by atoms with Crippen LogP contribution in [-0.2, 0) is 9.63 Å². The van der Waals surface area contributed by atoms with Gasteiger partial charge in [0.05, 0.1) is 11.8 Å². The molecule has 0 spiro atoms. The molecular weight excluding hydrogens is 499 g/mol. The van der Waals surface area contributed by atoms with Gasteiger partial charge in [-0.05, 0) is 63.1 Å². The van der Waals surface area contributed by atoms with Crippen molar-refractivity contribution in [3.63, 3.8) is 0 Å². The van der Waals surface area contributed by atoms with Crippen LogP contribution in [0.1, 0.15) is 43.5 Å². The van der Waals surface area contributed by atoms with E-state index in [2.05, 4.69) is 21.0 Å². The number of piperidine rings is 1. The number of oxime groups is 1. The summed E-state index contributed by atoms with van der Waals surface area (Å²) in [7, 11) is 0. The Bertz CT molecular complexity index is 1190. The Morgan fingerprint density at radius 2 is 1.69 bits per heavy atom. The van der Waals surface area contributed by atoms with Gasteiger partial charge in [-0.1, -0.05) is 17.3 Å². The van der Waals surface area contributed by atoms with Crippen LogP contribution in [0.5, 0.6) is 5.75 Å². The molecule has 208 valence electrons. The molecular formula is C30H37FN4O4. The molecule has 0 bridgehead atoms. The molecule has 3 aliphatic heterocycles. The maximum Gasteiger partial charge on any atom is 0.271 e. The number of piperazine rings is 1. The van der Waals surface area contributed by atoms with Crippen LogP contribution < -0.4 is 9.64 Å². The monoisotopic (exact) mass is 536 g/mol. The van der Waals surface area contributed by atoms with E-state index in [-0.39, 0.29) is 35.6 Å². The second-order valence-electron chi connectivity index (χ2n) is 10.8. The highest BCUT2D eigenvalue weighted by molar-refractivity contribution is 6.39. The number of halogens is 1. The molecule has 0 aliphatic carbocycles. The molecule has 2 aromatic carbocycles. The van der Waals surface area contributed by atoms with Crippen molar-refractivity contribution in [3.8, 4) is 5.75 Å². The Kier molecular flexibility index (Phi) is 8.45. The normalized spacial score (nSPS) is 20.6. The van der Waals surface area contributed by atoms with Crippen molar-refractivity contribution in [1.29, 1.82) is 0 Å². The fourth-order valence-electron chi connectivity index (χ4n) is 5.56. The Labute approximate surface area is 229 Å². The number of likely N-dealkylation sites (tertiary alicyclic amines) is 1. The minimum atomic E-state index is -0.356. The number of nitrogens with zero attached hydrogens (tertiary/aromatic N) is 4. The lowest BCUT2D eigenvalue weighted by Gasteiger charge is -2.37. The van der Waals surface area contributed by atoms with Crippen LogP contribution in [0.15, 0.2) is 53.7 Å². The summed E-state index contributed by atoms with van der Waals surface area (Å²) < 4.78 is 19.2. The molecule has 3 aliphatic rings. The first-order chi connectivity index (χ1) is 18.9. The minimum absolute atomic E-state index is 0.0136. The maximum atomic E-state index is 13.2. The minimum Gasteiger partial charge on any atom is -0.489 e. The van der Waals surface area contributed by atoms with E-state index < -0.39 is 0 Å². The number of carbonyl (C=O) groups excluding carboxylic acids is 2. The summed E-state index contributed by atoms with van der Waals surface area (Å²) in [6.45, 7) is 9.39. The topological polar surface area (TPSA) is 74.7 Å². The van der Waals surface area contributed by atoms with Gasteiger partial charge in [-0.15, -0.1) is 0 Å². The Morgan fingerprint density at radius 3 is 2.38 bits per heavy atom. The predicted molar refractivity (Wildman–Crippen MR) is 148 cm³/mol. The lowest BCUT2D eigenvalue weighted by molar-refractivity contribution is -0.125. The van der Waals surface area contributed by atoms with Crippen LogP contribution in [0.4, 0.5) is 10.1 Å². The smallest absolute Gasteiger partial charge is 0.271 e. The van der Waals surface area contributed by atoms with Crippen LogP contribution in [0, 0.1) is 11.7 Å². The Morgan fingerprint density at radius 1 is 1.00 bits per heavy atom. The molecule has 2 saturated heterocycles.